The fraction of sp³-hybridized carbons (Fsp3) is 0.362. The molecule has 9 atom stereocenters. The molecule has 33 heteroatoms. The summed E-state index contributed by atoms with van der Waals surface area (Å²) in [5.41, 5.74) is 4.09. The van der Waals surface area contributed by atoms with Gasteiger partial charge in [-0.1, -0.05) is 18.2 Å². The number of benzene rings is 1. The van der Waals surface area contributed by atoms with Gasteiger partial charge in [0.15, 0.2) is 17.6 Å². The number of nitrogens with zero attached hydrogens (tertiary/aromatic N) is 8. The molecular weight excluding hydrogens is 1280 g/mol. The number of nitrogens with one attached hydrogen (secondary N) is 4. The van der Waals surface area contributed by atoms with Gasteiger partial charge >= 0.3 is 11.9 Å². The minimum Gasteiger partial charge on any atom is -0.506 e. The zero-order valence-corrected chi connectivity index (χ0v) is 53.7. The molecule has 10 heterocycles. The Bertz CT molecular complexity index is 4260. The number of aliphatic hydroxyl groups excluding tert-OH is 1. The Morgan fingerprint density at radius 2 is 1.46 bits per heavy atom. The SMILES string of the molecule is CC=C1NC(=O)C(C(C)O)NC(=O)c2csc(n2)-c2cc(O)c(-c3nc(C(N)=O)cs3)nc2-c2csc(n2)C2COC(=O)c3c(C)c4c(cccc4n3O)COC(=O)C(OC3(C)CC(C)(O)C(N(C)C)C(C)O3)CC(NC(=O)c3csc1n3)c1nc(cs1)C(=O)N2. The van der Waals surface area contributed by atoms with E-state index < -0.39 is 121 Å². The number of aromatic nitrogens is 7. The average Bonchev–Trinajstić information content (AvgIpc) is 1.77. The Morgan fingerprint density at radius 3 is 2.13 bits per heavy atom. The fourth-order valence-electron chi connectivity index (χ4n) is 11.5. The molecule has 10 N–H and O–H groups in total. The van der Waals surface area contributed by atoms with E-state index >= 15 is 0 Å². The van der Waals surface area contributed by atoms with Crippen LogP contribution in [0.25, 0.3) is 49.3 Å². The lowest BCUT2D eigenvalue weighted by atomic mass is 9.82. The number of hydrogen-bond acceptors (Lipinski definition) is 27. The number of thiazole rings is 5. The highest BCUT2D eigenvalue weighted by Gasteiger charge is 2.53. The van der Waals surface area contributed by atoms with Crippen molar-refractivity contribution in [3.05, 3.63) is 112 Å². The molecule has 28 nitrogen and oxygen atoms in total. The molecule has 1 fully saturated rings. The van der Waals surface area contributed by atoms with Crippen molar-refractivity contribution in [3.8, 4) is 38.4 Å². The molecule has 3 aliphatic heterocycles. The predicted molar refractivity (Wildman–Crippen MR) is 332 cm³/mol. The number of hydrogen-bond donors (Lipinski definition) is 9. The van der Waals surface area contributed by atoms with Crippen LogP contribution in [0.15, 0.2) is 57.2 Å². The molecule has 476 valence electrons. The van der Waals surface area contributed by atoms with Gasteiger partial charge in [-0.25, -0.2) is 39.5 Å². The average molecular weight is 1340 g/mol. The van der Waals surface area contributed by atoms with Gasteiger partial charge in [0, 0.05) is 50.7 Å². The molecule has 7 aromatic heterocycles. The lowest BCUT2D eigenvalue weighted by Gasteiger charge is -2.52. The first kappa shape index (κ1) is 64.0. The second-order valence-electron chi connectivity index (χ2n) is 22.4. The lowest BCUT2D eigenvalue weighted by molar-refractivity contribution is -0.327. The molecule has 12 bridgehead atoms. The molecule has 0 aliphatic carbocycles. The third kappa shape index (κ3) is 12.8. The summed E-state index contributed by atoms with van der Waals surface area (Å²) in [4.78, 5) is 129. The van der Waals surface area contributed by atoms with E-state index in [1.165, 1.54) is 40.6 Å². The number of nitrogens with two attached hydrogens (primary N) is 1. The molecule has 5 amide bonds. The number of fused-ring (bicyclic) bond motifs is 13. The van der Waals surface area contributed by atoms with Crippen LogP contribution in [0.1, 0.15) is 138 Å². The first-order valence-corrected chi connectivity index (χ1v) is 32.4. The highest BCUT2D eigenvalue weighted by molar-refractivity contribution is 7.14. The fourth-order valence-corrected chi connectivity index (χ4v) is 15.7. The van der Waals surface area contributed by atoms with Gasteiger partial charge in [-0.05, 0) is 78.9 Å². The highest BCUT2D eigenvalue weighted by Crippen LogP contribution is 2.43. The Morgan fingerprint density at radius 1 is 0.835 bits per heavy atom. The second-order valence-corrected chi connectivity index (χ2v) is 26.7. The summed E-state index contributed by atoms with van der Waals surface area (Å²) in [6.07, 6.45) is -2.88. The van der Waals surface area contributed by atoms with Crippen molar-refractivity contribution < 1.29 is 73.0 Å². The summed E-state index contributed by atoms with van der Waals surface area (Å²) in [5.74, 6) is -8.35. The van der Waals surface area contributed by atoms with Gasteiger partial charge in [-0.15, -0.1) is 56.7 Å². The van der Waals surface area contributed by atoms with E-state index in [1.807, 2.05) is 4.90 Å². The van der Waals surface area contributed by atoms with Crippen LogP contribution in [-0.2, 0) is 35.1 Å². The van der Waals surface area contributed by atoms with E-state index in [9.17, 15) is 54.1 Å². The number of primary amides is 1. The molecule has 1 aromatic carbocycles. The number of cyclic esters (lactones) is 2. The highest BCUT2D eigenvalue weighted by atomic mass is 32.1. The maximum absolute atomic E-state index is 15.0. The van der Waals surface area contributed by atoms with Crippen molar-refractivity contribution in [1.82, 2.24) is 60.8 Å². The van der Waals surface area contributed by atoms with Gasteiger partial charge < -0.3 is 71.4 Å². The van der Waals surface area contributed by atoms with Gasteiger partial charge in [-0.2, -0.15) is 4.73 Å². The number of aliphatic hydroxyl groups is 2. The molecule has 0 spiro atoms. The molecular formula is C58H59N13O15S5. The quantitative estimate of drug-likeness (QED) is 0.0735. The lowest BCUT2D eigenvalue weighted by Crippen LogP contribution is -2.64. The van der Waals surface area contributed by atoms with Crippen LogP contribution in [-0.4, -0.2) is 164 Å². The summed E-state index contributed by atoms with van der Waals surface area (Å²) >= 11 is 4.81. The summed E-state index contributed by atoms with van der Waals surface area (Å²) < 4.78 is 25.9. The maximum atomic E-state index is 15.0. The number of carbonyl (C=O) groups is 7. The molecule has 91 heavy (non-hydrogen) atoms. The van der Waals surface area contributed by atoms with E-state index in [0.29, 0.717) is 15.7 Å². The summed E-state index contributed by atoms with van der Waals surface area (Å²) in [7, 11) is 3.59. The number of pyridine rings is 1. The van der Waals surface area contributed by atoms with E-state index in [-0.39, 0.29) is 99.4 Å². The van der Waals surface area contributed by atoms with Crippen LogP contribution in [0.2, 0.25) is 0 Å². The van der Waals surface area contributed by atoms with Crippen molar-refractivity contribution in [2.45, 2.75) is 115 Å². The zero-order valence-electron chi connectivity index (χ0n) is 49.6. The smallest absolute Gasteiger partial charge is 0.358 e. The molecule has 1 saturated heterocycles. The van der Waals surface area contributed by atoms with Gasteiger partial charge in [0.05, 0.1) is 41.1 Å². The second kappa shape index (κ2) is 25.3. The van der Waals surface area contributed by atoms with Crippen molar-refractivity contribution in [3.63, 3.8) is 0 Å². The van der Waals surface area contributed by atoms with Crippen molar-refractivity contribution >= 4 is 115 Å². The molecule has 0 radical (unpaired) electrons. The standard InChI is InChI=1S/C58H59N13O15S5/c1-9-28-51-66-33(20-89-51)46(75)61-29-14-38(86-58(6)22-57(5,81)44(70(7)8)25(4)85-58)55(79)83-15-26-11-10-12-36-39(26)23(2)43(71(36)82)56(80)84-16-30(62-47(76)34-21-90-52(29)67-34)53-63-31(17-88-53)41-27(13-37(73)42(68-41)54-64-32(18-91-54)45(59)74)50-65-35(19-87-50)48(77)69-40(24(3)72)49(78)60-28/h9-13,17-21,24-25,29-30,38,40,44,72-73,81-82H,14-16,22H2,1-8H3,(H2,59,74)(H,60,78)(H,61,75)(H,62,76)(H,69,77). The first-order valence-electron chi connectivity index (χ1n) is 28.0. The Hall–Kier alpha value is -8.51. The summed E-state index contributed by atoms with van der Waals surface area (Å²) in [5, 5.41) is 65.3. The number of ether oxygens (including phenoxy) is 4. The van der Waals surface area contributed by atoms with Crippen LogP contribution in [0, 0.1) is 6.92 Å². The molecule has 8 aromatic rings. The van der Waals surface area contributed by atoms with E-state index in [1.54, 1.807) is 72.3 Å². The van der Waals surface area contributed by atoms with Gasteiger partial charge in [0.1, 0.15) is 95.9 Å². The number of carbonyl (C=O) groups excluding carboxylic acids is 7. The Kier molecular flexibility index (Phi) is 17.8. The van der Waals surface area contributed by atoms with Gasteiger partial charge in [-0.3, -0.25) is 24.0 Å². The summed E-state index contributed by atoms with van der Waals surface area (Å²) in [6.45, 7) is 8.35. The van der Waals surface area contributed by atoms with Crippen LogP contribution < -0.4 is 27.0 Å². The first-order chi connectivity index (χ1) is 43.2. The predicted octanol–water partition coefficient (Wildman–Crippen LogP) is 5.48. The Balaban J connectivity index is 1.07. The van der Waals surface area contributed by atoms with Gasteiger partial charge in [0.2, 0.25) is 5.91 Å². The van der Waals surface area contributed by atoms with Crippen LogP contribution >= 0.6 is 56.7 Å². The largest absolute Gasteiger partial charge is 0.506 e. The van der Waals surface area contributed by atoms with E-state index in [2.05, 4.69) is 36.2 Å². The molecule has 11 rings (SSSR count). The minimum absolute atomic E-state index is 0.0404. The monoisotopic (exact) mass is 1340 g/mol. The number of amides is 5. The van der Waals surface area contributed by atoms with E-state index in [0.717, 1.165) is 56.7 Å². The molecule has 9 unspecified atom stereocenters. The number of esters is 2. The zero-order chi connectivity index (χ0) is 65.1. The minimum atomic E-state index is -1.69. The normalized spacial score (nSPS) is 24.5. The van der Waals surface area contributed by atoms with Crippen molar-refractivity contribution in [2.24, 2.45) is 5.73 Å². The van der Waals surface area contributed by atoms with Crippen molar-refractivity contribution in [1.29, 1.82) is 0 Å². The number of rotatable bonds is 6. The van der Waals surface area contributed by atoms with Crippen LogP contribution in [0.3, 0.4) is 0 Å². The van der Waals surface area contributed by atoms with Crippen molar-refractivity contribution in [2.75, 3.05) is 20.7 Å². The molecule has 3 aliphatic rings. The topological polar surface area (TPSA) is 397 Å². The summed E-state index contributed by atoms with van der Waals surface area (Å²) in [6, 6.07) is 1.35. The number of aryl methyl sites for hydroxylation is 1. The van der Waals surface area contributed by atoms with E-state index in [4.69, 9.17) is 39.6 Å². The third-order valence-electron chi connectivity index (χ3n) is 15.3. The third-order valence-corrected chi connectivity index (χ3v) is 19.8. The Labute approximate surface area is 537 Å². The van der Waals surface area contributed by atoms with Crippen LogP contribution in [0.5, 0.6) is 5.75 Å². The van der Waals surface area contributed by atoms with Crippen LogP contribution in [0.4, 0.5) is 0 Å². The van der Waals surface area contributed by atoms with Gasteiger partial charge in [0.25, 0.3) is 23.6 Å². The number of likely N-dealkylation sites (N-methyl/N-ethyl adjacent to an activating group) is 1. The molecule has 0 saturated carbocycles. The maximum Gasteiger partial charge on any atom is 0.358 e. The number of allylic oxidation sites excluding steroid dienone is 1. The number of aromatic hydroxyl groups is 1.